The normalized spacial score (nSPS) is 17.9. The summed E-state index contributed by atoms with van der Waals surface area (Å²) in [5, 5.41) is 3.75. The quantitative estimate of drug-likeness (QED) is 0.372. The molecule has 6 heteroatoms. The van der Waals surface area contributed by atoms with Gasteiger partial charge in [0.2, 0.25) is 5.91 Å². The lowest BCUT2D eigenvalue weighted by atomic mass is 9.70. The third-order valence-corrected chi connectivity index (χ3v) is 7.68. The summed E-state index contributed by atoms with van der Waals surface area (Å²) in [5.41, 5.74) is 10.2. The summed E-state index contributed by atoms with van der Waals surface area (Å²) in [6.07, 6.45) is 0.861. The molecule has 3 aromatic rings. The first-order valence-corrected chi connectivity index (χ1v) is 13.2. The molecule has 4 rings (SSSR count). The third-order valence-electron chi connectivity index (χ3n) is 7.43. The van der Waals surface area contributed by atoms with Gasteiger partial charge >= 0.3 is 0 Å². The number of anilines is 1. The second-order valence-corrected chi connectivity index (χ2v) is 11.4. The number of amides is 2. The molecular weight excluding hydrogens is 482 g/mol. The summed E-state index contributed by atoms with van der Waals surface area (Å²) < 4.78 is 0. The van der Waals surface area contributed by atoms with Crippen LogP contribution in [-0.4, -0.2) is 35.8 Å². The molecule has 3 N–H and O–H groups in total. The molecule has 1 saturated heterocycles. The molecule has 1 aliphatic heterocycles. The predicted octanol–water partition coefficient (Wildman–Crippen LogP) is 6.39. The largest absolute Gasteiger partial charge is 0.398 e. The highest BCUT2D eigenvalue weighted by Crippen LogP contribution is 2.42. The molecule has 0 bridgehead atoms. The number of rotatable bonds is 6. The molecule has 0 unspecified atom stereocenters. The van der Waals surface area contributed by atoms with Gasteiger partial charge in [0.1, 0.15) is 6.04 Å². The molecule has 1 heterocycles. The van der Waals surface area contributed by atoms with Crippen molar-refractivity contribution in [2.45, 2.75) is 46.1 Å². The Morgan fingerprint density at radius 3 is 2.38 bits per heavy atom. The van der Waals surface area contributed by atoms with Gasteiger partial charge in [-0.1, -0.05) is 81.8 Å². The van der Waals surface area contributed by atoms with Gasteiger partial charge in [-0.3, -0.25) is 9.59 Å². The van der Waals surface area contributed by atoms with Gasteiger partial charge in [0.05, 0.1) is 0 Å². The number of para-hydroxylation sites is 1. The third kappa shape index (κ3) is 5.99. The molecule has 0 saturated carbocycles. The van der Waals surface area contributed by atoms with E-state index >= 15 is 0 Å². The number of likely N-dealkylation sites (tertiary alicyclic amines) is 1. The maximum atomic E-state index is 13.7. The van der Waals surface area contributed by atoms with Gasteiger partial charge in [-0.15, -0.1) is 0 Å². The van der Waals surface area contributed by atoms with Gasteiger partial charge in [0.25, 0.3) is 5.91 Å². The number of nitrogen functional groups attached to an aromatic ring is 1. The lowest BCUT2D eigenvalue weighted by Gasteiger charge is -2.45. The van der Waals surface area contributed by atoms with Crippen molar-refractivity contribution >= 4 is 29.1 Å². The second kappa shape index (κ2) is 11.0. The number of hydrogen-bond acceptors (Lipinski definition) is 3. The average molecular weight is 518 g/mol. The van der Waals surface area contributed by atoms with E-state index in [1.807, 2.05) is 73.3 Å². The summed E-state index contributed by atoms with van der Waals surface area (Å²) in [5.74, 6) is -0.0243. The highest BCUT2D eigenvalue weighted by Gasteiger charge is 2.40. The molecule has 1 aliphatic rings. The minimum absolute atomic E-state index is 0.0329. The standard InChI is InChI=1S/C31H36ClN3O2/c1-20(2)28(34-29(36)23-9-7-8-22(18-23)25-10-5-6-11-27(25)33)30(37)35-17-16-26(31(3,4)19-35)21-12-14-24(32)15-13-21/h5-15,18,20,26,28H,16-17,19,33H2,1-4H3,(H,34,36)/t26-,28-/m1/s1. The van der Waals surface area contributed by atoms with Crippen molar-refractivity contribution in [3.63, 3.8) is 0 Å². The Bertz CT molecular complexity index is 1270. The van der Waals surface area contributed by atoms with Crippen LogP contribution in [0.5, 0.6) is 0 Å². The van der Waals surface area contributed by atoms with E-state index in [9.17, 15) is 9.59 Å². The monoisotopic (exact) mass is 517 g/mol. The van der Waals surface area contributed by atoms with Crippen LogP contribution < -0.4 is 11.1 Å². The zero-order chi connectivity index (χ0) is 26.7. The van der Waals surface area contributed by atoms with E-state index < -0.39 is 6.04 Å². The van der Waals surface area contributed by atoms with Crippen LogP contribution in [0.2, 0.25) is 5.02 Å². The van der Waals surface area contributed by atoms with E-state index in [-0.39, 0.29) is 23.1 Å². The van der Waals surface area contributed by atoms with E-state index in [1.54, 1.807) is 6.07 Å². The molecular formula is C31H36ClN3O2. The molecule has 2 atom stereocenters. The van der Waals surface area contributed by atoms with E-state index in [0.29, 0.717) is 30.3 Å². The fourth-order valence-electron chi connectivity index (χ4n) is 5.38. The summed E-state index contributed by atoms with van der Waals surface area (Å²) in [7, 11) is 0. The Kier molecular flexibility index (Phi) is 7.93. The Morgan fingerprint density at radius 2 is 1.73 bits per heavy atom. The summed E-state index contributed by atoms with van der Waals surface area (Å²) in [4.78, 5) is 28.9. The van der Waals surface area contributed by atoms with Crippen molar-refractivity contribution in [3.8, 4) is 11.1 Å². The SMILES string of the molecule is CC(C)[C@@H](NC(=O)c1cccc(-c2ccccc2N)c1)C(=O)N1CC[C@H](c2ccc(Cl)cc2)C(C)(C)C1. The Balaban J connectivity index is 1.48. The zero-order valence-corrected chi connectivity index (χ0v) is 22.8. The Hall–Kier alpha value is -3.31. The van der Waals surface area contributed by atoms with Crippen LogP contribution in [0.15, 0.2) is 72.8 Å². The van der Waals surface area contributed by atoms with Gasteiger partial charge in [-0.25, -0.2) is 0 Å². The zero-order valence-electron chi connectivity index (χ0n) is 22.0. The van der Waals surface area contributed by atoms with Crippen molar-refractivity contribution in [2.24, 2.45) is 11.3 Å². The molecule has 194 valence electrons. The number of nitrogens with one attached hydrogen (secondary N) is 1. The van der Waals surface area contributed by atoms with E-state index in [0.717, 1.165) is 22.6 Å². The highest BCUT2D eigenvalue weighted by atomic mass is 35.5. The molecule has 0 radical (unpaired) electrons. The number of carbonyl (C=O) groups excluding carboxylic acids is 2. The number of nitrogens with two attached hydrogens (primary N) is 1. The summed E-state index contributed by atoms with van der Waals surface area (Å²) in [6.45, 7) is 9.62. The first-order valence-electron chi connectivity index (χ1n) is 12.9. The maximum Gasteiger partial charge on any atom is 0.251 e. The van der Waals surface area contributed by atoms with E-state index in [1.165, 1.54) is 5.56 Å². The smallest absolute Gasteiger partial charge is 0.251 e. The number of piperidine rings is 1. The van der Waals surface area contributed by atoms with Crippen LogP contribution in [0.25, 0.3) is 11.1 Å². The fraction of sp³-hybridized carbons (Fsp3) is 0.355. The van der Waals surface area contributed by atoms with Crippen molar-refractivity contribution in [1.29, 1.82) is 0 Å². The van der Waals surface area contributed by atoms with Crippen molar-refractivity contribution in [3.05, 3.63) is 88.9 Å². The minimum Gasteiger partial charge on any atom is -0.398 e. The molecule has 5 nitrogen and oxygen atoms in total. The van der Waals surface area contributed by atoms with Crippen molar-refractivity contribution in [2.75, 3.05) is 18.8 Å². The first kappa shape index (κ1) is 26.7. The molecule has 0 aliphatic carbocycles. The Morgan fingerprint density at radius 1 is 1.03 bits per heavy atom. The van der Waals surface area contributed by atoms with E-state index in [2.05, 4.69) is 31.3 Å². The van der Waals surface area contributed by atoms with E-state index in [4.69, 9.17) is 17.3 Å². The number of hydrogen-bond donors (Lipinski definition) is 2. The minimum atomic E-state index is -0.610. The lowest BCUT2D eigenvalue weighted by molar-refractivity contribution is -0.137. The molecule has 0 spiro atoms. The van der Waals surface area contributed by atoms with Crippen LogP contribution >= 0.6 is 11.6 Å². The molecule has 0 aromatic heterocycles. The summed E-state index contributed by atoms with van der Waals surface area (Å²) >= 11 is 6.09. The molecule has 3 aromatic carbocycles. The second-order valence-electron chi connectivity index (χ2n) is 11.0. The van der Waals surface area contributed by atoms with Crippen LogP contribution in [0, 0.1) is 11.3 Å². The molecule has 1 fully saturated rings. The predicted molar refractivity (Wildman–Crippen MR) is 152 cm³/mol. The first-order chi connectivity index (χ1) is 17.6. The highest BCUT2D eigenvalue weighted by molar-refractivity contribution is 6.30. The number of nitrogens with zero attached hydrogens (tertiary/aromatic N) is 1. The Labute approximate surface area is 225 Å². The van der Waals surface area contributed by atoms with Crippen molar-refractivity contribution in [1.82, 2.24) is 10.2 Å². The number of halogens is 1. The topological polar surface area (TPSA) is 75.4 Å². The molecule has 37 heavy (non-hydrogen) atoms. The number of benzene rings is 3. The lowest BCUT2D eigenvalue weighted by Crippen LogP contribution is -2.55. The number of carbonyl (C=O) groups is 2. The molecule has 2 amide bonds. The maximum absolute atomic E-state index is 13.7. The summed E-state index contributed by atoms with van der Waals surface area (Å²) in [6, 6.07) is 22.3. The van der Waals surface area contributed by atoms with Gasteiger partial charge < -0.3 is 16.0 Å². The van der Waals surface area contributed by atoms with Crippen LogP contribution in [0.1, 0.15) is 56.0 Å². The fourth-order valence-corrected chi connectivity index (χ4v) is 5.51. The van der Waals surface area contributed by atoms with Gasteiger partial charge in [-0.2, -0.15) is 0 Å². The average Bonchev–Trinajstić information content (AvgIpc) is 2.87. The van der Waals surface area contributed by atoms with Gasteiger partial charge in [-0.05, 0) is 65.1 Å². The van der Waals surface area contributed by atoms with Crippen LogP contribution in [-0.2, 0) is 4.79 Å². The van der Waals surface area contributed by atoms with Crippen molar-refractivity contribution < 1.29 is 9.59 Å². The van der Waals surface area contributed by atoms with Gasteiger partial charge in [0.15, 0.2) is 0 Å². The van der Waals surface area contributed by atoms with Crippen LogP contribution in [0.4, 0.5) is 5.69 Å². The van der Waals surface area contributed by atoms with Crippen LogP contribution in [0.3, 0.4) is 0 Å². The van der Waals surface area contributed by atoms with Gasteiger partial charge in [0, 0.05) is 34.9 Å².